The molecule has 2 heterocycles. The van der Waals surface area contributed by atoms with Crippen LogP contribution in [0.3, 0.4) is 0 Å². The molecule has 1 spiro atoms. The summed E-state index contributed by atoms with van der Waals surface area (Å²) in [4.78, 5) is 12.5. The van der Waals surface area contributed by atoms with Crippen molar-refractivity contribution in [2.24, 2.45) is 0 Å². The Balaban J connectivity index is 1.77. The van der Waals surface area contributed by atoms with Gasteiger partial charge in [0.1, 0.15) is 0 Å². The number of non-ortho nitro benzene ring substituents is 1. The topological polar surface area (TPSA) is 64.8 Å². The number of nitro groups is 1. The fraction of sp³-hybridized carbons (Fsp3) is 0.538. The minimum absolute atomic E-state index is 0.0538. The molecule has 0 aromatic heterocycles. The van der Waals surface area contributed by atoms with Gasteiger partial charge in [0.25, 0.3) is 5.69 Å². The summed E-state index contributed by atoms with van der Waals surface area (Å²) in [5, 5.41) is 11.4. The van der Waals surface area contributed by atoms with Crippen LogP contribution >= 0.6 is 11.6 Å². The van der Waals surface area contributed by atoms with E-state index in [2.05, 4.69) is 0 Å². The van der Waals surface area contributed by atoms with Crippen molar-refractivity contribution >= 4 is 23.0 Å². The van der Waals surface area contributed by atoms with E-state index in [1.807, 2.05) is 4.90 Å². The number of halogens is 1. The van der Waals surface area contributed by atoms with Crippen LogP contribution in [0.2, 0.25) is 5.02 Å². The molecule has 20 heavy (non-hydrogen) atoms. The summed E-state index contributed by atoms with van der Waals surface area (Å²) in [5.41, 5.74) is 0.756. The molecule has 108 valence electrons. The van der Waals surface area contributed by atoms with Crippen LogP contribution in [-0.2, 0) is 9.47 Å². The second kappa shape index (κ2) is 5.20. The van der Waals surface area contributed by atoms with Gasteiger partial charge in [-0.15, -0.1) is 0 Å². The molecule has 7 heteroatoms. The number of hydrogen-bond acceptors (Lipinski definition) is 5. The summed E-state index contributed by atoms with van der Waals surface area (Å²) in [6.45, 7) is 2.69. The first-order valence-electron chi connectivity index (χ1n) is 6.56. The Morgan fingerprint density at radius 1 is 1.25 bits per heavy atom. The summed E-state index contributed by atoms with van der Waals surface area (Å²) in [7, 11) is 0. The molecule has 0 atom stereocenters. The quantitative estimate of drug-likeness (QED) is 0.620. The van der Waals surface area contributed by atoms with Crippen LogP contribution in [0.1, 0.15) is 12.8 Å². The highest BCUT2D eigenvalue weighted by Gasteiger charge is 2.40. The normalized spacial score (nSPS) is 21.4. The molecular weight excluding hydrogens is 284 g/mol. The molecule has 6 nitrogen and oxygen atoms in total. The number of nitro benzene ring substituents is 1. The minimum Gasteiger partial charge on any atom is -0.370 e. The van der Waals surface area contributed by atoms with Crippen LogP contribution in [-0.4, -0.2) is 37.0 Å². The summed E-state index contributed by atoms with van der Waals surface area (Å²) in [6, 6.07) is 4.51. The van der Waals surface area contributed by atoms with Crippen LogP contribution in [0.4, 0.5) is 11.4 Å². The van der Waals surface area contributed by atoms with Crippen LogP contribution in [0, 0.1) is 10.1 Å². The van der Waals surface area contributed by atoms with Gasteiger partial charge in [0, 0.05) is 38.1 Å². The molecule has 2 saturated heterocycles. The standard InChI is InChI=1S/C13H15ClN2O4/c14-11-2-1-10(16(17)18)9-12(11)15-5-3-13(4-6-15)19-7-8-20-13/h1-2,9H,3-8H2. The molecule has 0 unspecified atom stereocenters. The number of anilines is 1. The SMILES string of the molecule is O=[N+]([O-])c1ccc(Cl)c(N2CCC3(CC2)OCCO3)c1. The lowest BCUT2D eigenvalue weighted by atomic mass is 10.0. The highest BCUT2D eigenvalue weighted by molar-refractivity contribution is 6.33. The number of nitrogens with zero attached hydrogens (tertiary/aromatic N) is 2. The van der Waals surface area contributed by atoms with Gasteiger partial charge in [-0.1, -0.05) is 11.6 Å². The lowest BCUT2D eigenvalue weighted by Gasteiger charge is -2.38. The van der Waals surface area contributed by atoms with Gasteiger partial charge in [0.05, 0.1) is 28.8 Å². The molecule has 2 aliphatic rings. The van der Waals surface area contributed by atoms with E-state index >= 15 is 0 Å². The van der Waals surface area contributed by atoms with Gasteiger partial charge in [-0.25, -0.2) is 0 Å². The number of piperidine rings is 1. The Morgan fingerprint density at radius 3 is 2.50 bits per heavy atom. The molecule has 1 aromatic carbocycles. The Labute approximate surface area is 121 Å². The van der Waals surface area contributed by atoms with Gasteiger partial charge in [-0.3, -0.25) is 10.1 Å². The highest BCUT2D eigenvalue weighted by Crippen LogP contribution is 2.36. The zero-order valence-electron chi connectivity index (χ0n) is 10.9. The van der Waals surface area contributed by atoms with E-state index in [4.69, 9.17) is 21.1 Å². The molecule has 3 rings (SSSR count). The monoisotopic (exact) mass is 298 g/mol. The second-order valence-electron chi connectivity index (χ2n) is 4.99. The third kappa shape index (κ3) is 2.46. The Bertz CT molecular complexity index is 521. The molecule has 0 radical (unpaired) electrons. The predicted octanol–water partition coefficient (Wildman–Crippen LogP) is 2.59. The first-order chi connectivity index (χ1) is 9.60. The lowest BCUT2D eigenvalue weighted by Crippen LogP contribution is -2.45. The van der Waals surface area contributed by atoms with E-state index in [0.29, 0.717) is 37.0 Å². The summed E-state index contributed by atoms with van der Waals surface area (Å²) in [6.07, 6.45) is 1.48. The summed E-state index contributed by atoms with van der Waals surface area (Å²) >= 11 is 6.16. The van der Waals surface area contributed by atoms with Crippen molar-refractivity contribution in [3.05, 3.63) is 33.3 Å². The van der Waals surface area contributed by atoms with E-state index < -0.39 is 10.7 Å². The number of ether oxygens (including phenoxy) is 2. The molecule has 0 saturated carbocycles. The summed E-state index contributed by atoms with van der Waals surface area (Å²) in [5.74, 6) is -0.455. The first-order valence-corrected chi connectivity index (χ1v) is 6.94. The van der Waals surface area contributed by atoms with Crippen molar-refractivity contribution in [2.45, 2.75) is 18.6 Å². The first kappa shape index (κ1) is 13.6. The maximum Gasteiger partial charge on any atom is 0.271 e. The van der Waals surface area contributed by atoms with Crippen LogP contribution < -0.4 is 4.90 Å². The number of benzene rings is 1. The van der Waals surface area contributed by atoms with Crippen molar-refractivity contribution < 1.29 is 14.4 Å². The minimum atomic E-state index is -0.455. The number of hydrogen-bond donors (Lipinski definition) is 0. The van der Waals surface area contributed by atoms with Crippen molar-refractivity contribution in [1.82, 2.24) is 0 Å². The zero-order valence-corrected chi connectivity index (χ0v) is 11.6. The van der Waals surface area contributed by atoms with Gasteiger partial charge in [-0.2, -0.15) is 0 Å². The molecule has 2 aliphatic heterocycles. The molecule has 0 aliphatic carbocycles. The maximum absolute atomic E-state index is 10.9. The van der Waals surface area contributed by atoms with Crippen LogP contribution in [0.15, 0.2) is 18.2 Å². The van der Waals surface area contributed by atoms with Gasteiger partial charge in [-0.05, 0) is 6.07 Å². The Hall–Kier alpha value is -1.37. The van der Waals surface area contributed by atoms with Gasteiger partial charge >= 0.3 is 0 Å². The van der Waals surface area contributed by atoms with Crippen molar-refractivity contribution in [3.63, 3.8) is 0 Å². The van der Waals surface area contributed by atoms with E-state index in [0.717, 1.165) is 12.8 Å². The number of rotatable bonds is 2. The molecular formula is C13H15ClN2O4. The fourth-order valence-electron chi connectivity index (χ4n) is 2.73. The van der Waals surface area contributed by atoms with Crippen LogP contribution in [0.5, 0.6) is 0 Å². The maximum atomic E-state index is 10.9. The van der Waals surface area contributed by atoms with Gasteiger partial charge < -0.3 is 14.4 Å². The zero-order chi connectivity index (χ0) is 14.2. The van der Waals surface area contributed by atoms with E-state index in [1.165, 1.54) is 12.1 Å². The molecule has 2 fully saturated rings. The Kier molecular flexibility index (Phi) is 3.54. The molecule has 0 N–H and O–H groups in total. The Morgan fingerprint density at radius 2 is 1.90 bits per heavy atom. The smallest absolute Gasteiger partial charge is 0.271 e. The third-order valence-electron chi connectivity index (χ3n) is 3.82. The predicted molar refractivity (Wildman–Crippen MR) is 74.2 cm³/mol. The molecule has 1 aromatic rings. The average Bonchev–Trinajstić information content (AvgIpc) is 2.89. The van der Waals surface area contributed by atoms with Gasteiger partial charge in [0.15, 0.2) is 5.79 Å². The largest absolute Gasteiger partial charge is 0.370 e. The molecule has 0 amide bonds. The lowest BCUT2D eigenvalue weighted by molar-refractivity contribution is -0.384. The van der Waals surface area contributed by atoms with Crippen LogP contribution in [0.25, 0.3) is 0 Å². The molecule has 0 bridgehead atoms. The van der Waals surface area contributed by atoms with Crippen molar-refractivity contribution in [2.75, 3.05) is 31.2 Å². The highest BCUT2D eigenvalue weighted by atomic mass is 35.5. The second-order valence-corrected chi connectivity index (χ2v) is 5.39. The van der Waals surface area contributed by atoms with Gasteiger partial charge in [0.2, 0.25) is 0 Å². The van der Waals surface area contributed by atoms with Crippen molar-refractivity contribution in [1.29, 1.82) is 0 Å². The van der Waals surface area contributed by atoms with E-state index in [9.17, 15) is 10.1 Å². The van der Waals surface area contributed by atoms with Crippen molar-refractivity contribution in [3.8, 4) is 0 Å². The van der Waals surface area contributed by atoms with E-state index in [1.54, 1.807) is 6.07 Å². The summed E-state index contributed by atoms with van der Waals surface area (Å²) < 4.78 is 11.3. The van der Waals surface area contributed by atoms with E-state index in [-0.39, 0.29) is 5.69 Å². The average molecular weight is 299 g/mol. The fourth-order valence-corrected chi connectivity index (χ4v) is 2.97. The third-order valence-corrected chi connectivity index (χ3v) is 4.14.